The lowest BCUT2D eigenvalue weighted by Crippen LogP contribution is -2.61. The predicted octanol–water partition coefficient (Wildman–Crippen LogP) is 0.515. The number of urea groups is 1. The van der Waals surface area contributed by atoms with Gasteiger partial charge in [0.05, 0.1) is 12.2 Å². The molecule has 1 saturated heterocycles. The Morgan fingerprint density at radius 3 is 2.42 bits per heavy atom. The zero-order chi connectivity index (χ0) is 17.8. The predicted molar refractivity (Wildman–Crippen MR) is 89.3 cm³/mol. The molecule has 1 aromatic heterocycles. The summed E-state index contributed by atoms with van der Waals surface area (Å²) >= 11 is 0. The monoisotopic (exact) mass is 329 g/mol. The summed E-state index contributed by atoms with van der Waals surface area (Å²) in [6, 6.07) is -1.03. The molecule has 8 nitrogen and oxygen atoms in total. The lowest BCUT2D eigenvalue weighted by Gasteiger charge is -2.31. The van der Waals surface area contributed by atoms with Gasteiger partial charge in [-0.05, 0) is 20.8 Å². The highest BCUT2D eigenvalue weighted by molar-refractivity contribution is 6.22. The van der Waals surface area contributed by atoms with E-state index in [4.69, 9.17) is 0 Å². The van der Waals surface area contributed by atoms with Crippen LogP contribution in [0.25, 0.3) is 0 Å². The van der Waals surface area contributed by atoms with Crippen molar-refractivity contribution in [3.05, 3.63) is 29.6 Å². The minimum atomic E-state index is -0.644. The molecular formula is C16H21N6O2+. The quantitative estimate of drug-likeness (QED) is 0.586. The number of imide groups is 1. The fourth-order valence-corrected chi connectivity index (χ4v) is 3.00. The minimum Gasteiger partial charge on any atom is -0.270 e. The molecule has 1 unspecified atom stereocenters. The SMILES string of the molecule is C=CC[N+]1=C(n2nc(C)c(C)c2C)N=C2C1C(=O)N(C)C(=O)N2C. The van der Waals surface area contributed by atoms with E-state index in [2.05, 4.69) is 16.7 Å². The fraction of sp³-hybridized carbons (Fsp3) is 0.438. The Hall–Kier alpha value is -2.77. The number of hydrogen-bond acceptors (Lipinski definition) is 4. The molecule has 126 valence electrons. The second kappa shape index (κ2) is 5.40. The number of amidine groups is 1. The molecule has 0 saturated carbocycles. The van der Waals surface area contributed by atoms with Gasteiger partial charge in [0.25, 0.3) is 5.91 Å². The van der Waals surface area contributed by atoms with Crippen molar-refractivity contribution in [1.82, 2.24) is 19.6 Å². The molecule has 0 radical (unpaired) electrons. The van der Waals surface area contributed by atoms with Crippen LogP contribution in [-0.2, 0) is 4.79 Å². The van der Waals surface area contributed by atoms with Crippen LogP contribution >= 0.6 is 0 Å². The summed E-state index contributed by atoms with van der Waals surface area (Å²) in [4.78, 5) is 32.0. The lowest BCUT2D eigenvalue weighted by atomic mass is 10.1. The van der Waals surface area contributed by atoms with Crippen molar-refractivity contribution in [2.45, 2.75) is 26.8 Å². The third-order valence-electron chi connectivity index (χ3n) is 4.68. The largest absolute Gasteiger partial charge is 0.421 e. The number of aryl methyl sites for hydroxylation is 1. The minimum absolute atomic E-state index is 0.299. The number of fused-ring (bicyclic) bond motifs is 1. The van der Waals surface area contributed by atoms with Gasteiger partial charge in [0.1, 0.15) is 5.69 Å². The Morgan fingerprint density at radius 1 is 1.21 bits per heavy atom. The van der Waals surface area contributed by atoms with Gasteiger partial charge in [-0.15, -0.1) is 9.78 Å². The first-order chi connectivity index (χ1) is 11.3. The molecule has 1 aromatic rings. The number of carbonyl (C=O) groups excluding carboxylic acids is 2. The Kier molecular flexibility index (Phi) is 3.62. The first kappa shape index (κ1) is 16.1. The van der Waals surface area contributed by atoms with Gasteiger partial charge in [-0.1, -0.05) is 17.6 Å². The molecule has 0 aromatic carbocycles. The van der Waals surface area contributed by atoms with Crippen molar-refractivity contribution in [2.24, 2.45) is 4.99 Å². The lowest BCUT2D eigenvalue weighted by molar-refractivity contribution is -0.527. The molecule has 24 heavy (non-hydrogen) atoms. The number of rotatable bonds is 2. The second-order valence-electron chi connectivity index (χ2n) is 6.06. The molecule has 3 rings (SSSR count). The highest BCUT2D eigenvalue weighted by Crippen LogP contribution is 2.21. The molecule has 1 atom stereocenters. The number of nitrogens with zero attached hydrogens (tertiary/aromatic N) is 6. The molecule has 8 heteroatoms. The van der Waals surface area contributed by atoms with E-state index in [-0.39, 0.29) is 11.9 Å². The van der Waals surface area contributed by atoms with Gasteiger partial charge in [0, 0.05) is 19.7 Å². The summed E-state index contributed by atoms with van der Waals surface area (Å²) in [6.07, 6.45) is 1.71. The standard InChI is InChI=1S/C16H21N6O2/c1-7-8-21-12-13(19(5)16(24)20(6)14(12)23)17-15(21)22-11(4)9(2)10(3)18-22/h7,12H,1,8H2,2-6H3/q+1. The molecule has 0 spiro atoms. The van der Waals surface area contributed by atoms with Crippen LogP contribution in [-0.4, -0.2) is 74.6 Å². The summed E-state index contributed by atoms with van der Waals surface area (Å²) in [6.45, 7) is 10.1. The van der Waals surface area contributed by atoms with Crippen molar-refractivity contribution in [1.29, 1.82) is 0 Å². The van der Waals surface area contributed by atoms with Gasteiger partial charge < -0.3 is 0 Å². The molecule has 2 aliphatic rings. The number of carbonyl (C=O) groups is 2. The topological polar surface area (TPSA) is 73.8 Å². The average molecular weight is 329 g/mol. The van der Waals surface area contributed by atoms with Gasteiger partial charge in [0.15, 0.2) is 0 Å². The third kappa shape index (κ3) is 2.02. The third-order valence-corrected chi connectivity index (χ3v) is 4.68. The van der Waals surface area contributed by atoms with Crippen LogP contribution in [0, 0.1) is 20.8 Å². The summed E-state index contributed by atoms with van der Waals surface area (Å²) < 4.78 is 3.55. The second-order valence-corrected chi connectivity index (χ2v) is 6.06. The first-order valence-electron chi connectivity index (χ1n) is 7.71. The van der Waals surface area contributed by atoms with Gasteiger partial charge in [-0.25, -0.2) is 9.37 Å². The maximum atomic E-state index is 12.7. The molecule has 1 fully saturated rings. The number of aromatic nitrogens is 2. The Bertz CT molecular complexity index is 832. The molecule has 0 bridgehead atoms. The van der Waals surface area contributed by atoms with Crippen LogP contribution in [0.1, 0.15) is 17.0 Å². The van der Waals surface area contributed by atoms with Gasteiger partial charge in [-0.3, -0.25) is 14.6 Å². The number of likely N-dealkylation sites (N-methyl/N-ethyl adjacent to an activating group) is 2. The molecule has 3 amide bonds. The molecule has 0 aliphatic carbocycles. The van der Waals surface area contributed by atoms with Crippen molar-refractivity contribution in [2.75, 3.05) is 20.6 Å². The summed E-state index contributed by atoms with van der Waals surface area (Å²) in [7, 11) is 3.11. The van der Waals surface area contributed by atoms with Crippen LogP contribution in [0.15, 0.2) is 17.6 Å². The van der Waals surface area contributed by atoms with Gasteiger partial charge >= 0.3 is 12.0 Å². The van der Waals surface area contributed by atoms with Gasteiger partial charge in [-0.2, -0.15) is 0 Å². The van der Waals surface area contributed by atoms with Crippen molar-refractivity contribution >= 4 is 23.7 Å². The fourth-order valence-electron chi connectivity index (χ4n) is 3.00. The Balaban J connectivity index is 2.22. The van der Waals surface area contributed by atoms with Crippen LogP contribution < -0.4 is 0 Å². The number of amides is 3. The van der Waals surface area contributed by atoms with E-state index in [1.807, 2.05) is 25.3 Å². The van der Waals surface area contributed by atoms with E-state index in [9.17, 15) is 9.59 Å². The molecule has 0 N–H and O–H groups in total. The first-order valence-corrected chi connectivity index (χ1v) is 7.71. The van der Waals surface area contributed by atoms with E-state index in [1.54, 1.807) is 17.8 Å². The summed E-state index contributed by atoms with van der Waals surface area (Å²) in [5.74, 6) is 0.656. The summed E-state index contributed by atoms with van der Waals surface area (Å²) in [5.41, 5.74) is 2.93. The molecule has 2 aliphatic heterocycles. The smallest absolute Gasteiger partial charge is 0.270 e. The summed E-state index contributed by atoms with van der Waals surface area (Å²) in [5, 5.41) is 4.54. The number of aliphatic imine (C=N–C) groups is 1. The highest BCUT2D eigenvalue weighted by atomic mass is 16.2. The number of hydrogen-bond donors (Lipinski definition) is 0. The maximum absolute atomic E-state index is 12.7. The van der Waals surface area contributed by atoms with E-state index in [0.29, 0.717) is 18.3 Å². The van der Waals surface area contributed by atoms with Crippen LogP contribution in [0.2, 0.25) is 0 Å². The van der Waals surface area contributed by atoms with Crippen LogP contribution in [0.4, 0.5) is 4.79 Å². The highest BCUT2D eigenvalue weighted by Gasteiger charge is 2.52. The van der Waals surface area contributed by atoms with Gasteiger partial charge in [0.2, 0.25) is 11.9 Å². The van der Waals surface area contributed by atoms with Crippen LogP contribution in [0.3, 0.4) is 0 Å². The molecule has 3 heterocycles. The van der Waals surface area contributed by atoms with Crippen molar-refractivity contribution in [3.63, 3.8) is 0 Å². The van der Waals surface area contributed by atoms with Crippen LogP contribution in [0.5, 0.6) is 0 Å². The van der Waals surface area contributed by atoms with E-state index in [1.165, 1.54) is 11.9 Å². The zero-order valence-electron chi connectivity index (χ0n) is 14.6. The van der Waals surface area contributed by atoms with E-state index < -0.39 is 6.04 Å². The van der Waals surface area contributed by atoms with E-state index >= 15 is 0 Å². The zero-order valence-corrected chi connectivity index (χ0v) is 14.6. The Labute approximate surface area is 140 Å². The Morgan fingerprint density at radius 2 is 1.88 bits per heavy atom. The van der Waals surface area contributed by atoms with Crippen molar-refractivity contribution in [3.8, 4) is 0 Å². The van der Waals surface area contributed by atoms with Crippen molar-refractivity contribution < 1.29 is 14.2 Å². The maximum Gasteiger partial charge on any atom is 0.421 e. The molecular weight excluding hydrogens is 308 g/mol. The average Bonchev–Trinajstić information content (AvgIpc) is 3.04. The van der Waals surface area contributed by atoms with E-state index in [0.717, 1.165) is 21.9 Å². The normalized spacial score (nSPS) is 20.7.